The number of anilines is 1. The molecule has 1 amide bonds. The van der Waals surface area contributed by atoms with Crippen molar-refractivity contribution in [2.24, 2.45) is 0 Å². The molecule has 0 radical (unpaired) electrons. The van der Waals surface area contributed by atoms with Gasteiger partial charge in [0, 0.05) is 21.3 Å². The SMILES string of the molecule is O=C(Nc1ccc(OCc2ccc(Cl)cc2)cc1)c1ccc(Cl)cc1. The van der Waals surface area contributed by atoms with Gasteiger partial charge in [0.05, 0.1) is 0 Å². The molecule has 0 unspecified atom stereocenters. The van der Waals surface area contributed by atoms with E-state index in [9.17, 15) is 4.79 Å². The van der Waals surface area contributed by atoms with E-state index in [1.165, 1.54) is 0 Å². The van der Waals surface area contributed by atoms with Crippen molar-refractivity contribution in [1.29, 1.82) is 0 Å². The summed E-state index contributed by atoms with van der Waals surface area (Å²) in [5, 5.41) is 4.13. The van der Waals surface area contributed by atoms with E-state index in [0.29, 0.717) is 27.9 Å². The average Bonchev–Trinajstić information content (AvgIpc) is 2.63. The number of amides is 1. The zero-order valence-corrected chi connectivity index (χ0v) is 14.7. The Balaban J connectivity index is 1.57. The summed E-state index contributed by atoms with van der Waals surface area (Å²) in [4.78, 5) is 12.2. The van der Waals surface area contributed by atoms with E-state index in [4.69, 9.17) is 27.9 Å². The maximum Gasteiger partial charge on any atom is 0.255 e. The molecule has 0 aliphatic heterocycles. The Kier molecular flexibility index (Phi) is 5.59. The first kappa shape index (κ1) is 17.3. The Bertz CT molecular complexity index is 844. The molecule has 3 aromatic rings. The van der Waals surface area contributed by atoms with E-state index in [1.54, 1.807) is 36.4 Å². The van der Waals surface area contributed by atoms with Gasteiger partial charge in [0.25, 0.3) is 5.91 Å². The van der Waals surface area contributed by atoms with Crippen molar-refractivity contribution in [3.63, 3.8) is 0 Å². The van der Waals surface area contributed by atoms with Crippen LogP contribution in [0, 0.1) is 0 Å². The van der Waals surface area contributed by atoms with E-state index in [0.717, 1.165) is 11.3 Å². The Labute approximate surface area is 156 Å². The molecule has 126 valence electrons. The molecule has 0 saturated heterocycles. The summed E-state index contributed by atoms with van der Waals surface area (Å²) < 4.78 is 5.72. The van der Waals surface area contributed by atoms with E-state index >= 15 is 0 Å². The number of hydrogen-bond acceptors (Lipinski definition) is 2. The van der Waals surface area contributed by atoms with Crippen LogP contribution in [0.2, 0.25) is 10.0 Å². The van der Waals surface area contributed by atoms with E-state index in [-0.39, 0.29) is 5.91 Å². The van der Waals surface area contributed by atoms with Crippen LogP contribution in [0.4, 0.5) is 5.69 Å². The molecular formula is C20H15Cl2NO2. The molecule has 3 nitrogen and oxygen atoms in total. The van der Waals surface area contributed by atoms with Crippen LogP contribution < -0.4 is 10.1 Å². The summed E-state index contributed by atoms with van der Waals surface area (Å²) in [6, 6.07) is 21.4. The zero-order chi connectivity index (χ0) is 17.6. The second-order valence-electron chi connectivity index (χ2n) is 5.40. The number of rotatable bonds is 5. The van der Waals surface area contributed by atoms with Crippen LogP contribution in [-0.4, -0.2) is 5.91 Å². The Morgan fingerprint density at radius 3 is 1.96 bits per heavy atom. The molecule has 0 spiro atoms. The summed E-state index contributed by atoms with van der Waals surface area (Å²) >= 11 is 11.7. The monoisotopic (exact) mass is 371 g/mol. The molecule has 0 fully saturated rings. The van der Waals surface area contributed by atoms with Gasteiger partial charge in [-0.2, -0.15) is 0 Å². The highest BCUT2D eigenvalue weighted by molar-refractivity contribution is 6.30. The topological polar surface area (TPSA) is 38.3 Å². The molecule has 0 aromatic heterocycles. The minimum Gasteiger partial charge on any atom is -0.489 e. The predicted molar refractivity (Wildman–Crippen MR) is 102 cm³/mol. The second-order valence-corrected chi connectivity index (χ2v) is 6.27. The normalized spacial score (nSPS) is 10.3. The highest BCUT2D eigenvalue weighted by Crippen LogP contribution is 2.19. The lowest BCUT2D eigenvalue weighted by Gasteiger charge is -2.09. The number of hydrogen-bond donors (Lipinski definition) is 1. The first-order chi connectivity index (χ1) is 12.1. The van der Waals surface area contributed by atoms with Crippen molar-refractivity contribution < 1.29 is 9.53 Å². The first-order valence-electron chi connectivity index (χ1n) is 7.64. The molecule has 0 heterocycles. The average molecular weight is 372 g/mol. The number of carbonyl (C=O) groups excluding carboxylic acids is 1. The Morgan fingerprint density at radius 1 is 0.800 bits per heavy atom. The predicted octanol–water partition coefficient (Wildman–Crippen LogP) is 5.82. The van der Waals surface area contributed by atoms with Crippen molar-refractivity contribution >= 4 is 34.8 Å². The van der Waals surface area contributed by atoms with E-state index in [2.05, 4.69) is 5.32 Å². The maximum atomic E-state index is 12.2. The minimum atomic E-state index is -0.188. The van der Waals surface area contributed by atoms with Gasteiger partial charge in [0.15, 0.2) is 0 Å². The summed E-state index contributed by atoms with van der Waals surface area (Å²) in [5.74, 6) is 0.533. The Hall–Kier alpha value is -2.49. The van der Waals surface area contributed by atoms with Crippen molar-refractivity contribution in [2.45, 2.75) is 6.61 Å². The van der Waals surface area contributed by atoms with E-state index < -0.39 is 0 Å². The maximum absolute atomic E-state index is 12.2. The van der Waals surface area contributed by atoms with Crippen LogP contribution in [0.3, 0.4) is 0 Å². The number of ether oxygens (including phenoxy) is 1. The second kappa shape index (κ2) is 8.06. The van der Waals surface area contributed by atoms with Crippen LogP contribution >= 0.6 is 23.2 Å². The molecule has 1 N–H and O–H groups in total. The molecule has 0 aliphatic rings. The third kappa shape index (κ3) is 4.99. The van der Waals surface area contributed by atoms with Gasteiger partial charge in [-0.25, -0.2) is 0 Å². The molecule has 3 rings (SSSR count). The lowest BCUT2D eigenvalue weighted by atomic mass is 10.2. The lowest BCUT2D eigenvalue weighted by Crippen LogP contribution is -2.11. The molecule has 5 heteroatoms. The number of benzene rings is 3. The molecular weight excluding hydrogens is 357 g/mol. The summed E-state index contributed by atoms with van der Waals surface area (Å²) in [5.41, 5.74) is 2.27. The van der Waals surface area contributed by atoms with Crippen molar-refractivity contribution in [3.05, 3.63) is 94.0 Å². The van der Waals surface area contributed by atoms with Crippen molar-refractivity contribution in [3.8, 4) is 5.75 Å². The highest BCUT2D eigenvalue weighted by Gasteiger charge is 2.06. The van der Waals surface area contributed by atoms with Gasteiger partial charge < -0.3 is 10.1 Å². The van der Waals surface area contributed by atoms with Gasteiger partial charge >= 0.3 is 0 Å². The largest absolute Gasteiger partial charge is 0.489 e. The molecule has 0 atom stereocenters. The summed E-state index contributed by atoms with van der Waals surface area (Å²) in [6.45, 7) is 0.452. The fraction of sp³-hybridized carbons (Fsp3) is 0.0500. The van der Waals surface area contributed by atoms with E-state index in [1.807, 2.05) is 36.4 Å². The van der Waals surface area contributed by atoms with Gasteiger partial charge in [-0.3, -0.25) is 4.79 Å². The molecule has 3 aromatic carbocycles. The Morgan fingerprint density at radius 2 is 1.36 bits per heavy atom. The number of halogens is 2. The van der Waals surface area contributed by atoms with Crippen LogP contribution in [0.5, 0.6) is 5.75 Å². The van der Waals surface area contributed by atoms with Crippen LogP contribution in [-0.2, 0) is 6.61 Å². The van der Waals surface area contributed by atoms with Crippen LogP contribution in [0.1, 0.15) is 15.9 Å². The van der Waals surface area contributed by atoms with Crippen LogP contribution in [0.25, 0.3) is 0 Å². The summed E-state index contributed by atoms with van der Waals surface area (Å²) in [6.07, 6.45) is 0. The van der Waals surface area contributed by atoms with Crippen LogP contribution in [0.15, 0.2) is 72.8 Å². The van der Waals surface area contributed by atoms with Gasteiger partial charge in [0.2, 0.25) is 0 Å². The summed E-state index contributed by atoms with van der Waals surface area (Å²) in [7, 11) is 0. The van der Waals surface area contributed by atoms with Gasteiger partial charge in [-0.05, 0) is 66.2 Å². The van der Waals surface area contributed by atoms with Crippen molar-refractivity contribution in [2.75, 3.05) is 5.32 Å². The lowest BCUT2D eigenvalue weighted by molar-refractivity contribution is 0.102. The van der Waals surface area contributed by atoms with Gasteiger partial charge in [-0.1, -0.05) is 35.3 Å². The molecule has 25 heavy (non-hydrogen) atoms. The van der Waals surface area contributed by atoms with Gasteiger partial charge in [-0.15, -0.1) is 0 Å². The minimum absolute atomic E-state index is 0.188. The molecule has 0 aliphatic carbocycles. The quantitative estimate of drug-likeness (QED) is 0.612. The standard InChI is InChI=1S/C20H15Cl2NO2/c21-16-5-1-14(2-6-16)13-25-19-11-9-18(10-12-19)23-20(24)15-3-7-17(22)8-4-15/h1-12H,13H2,(H,23,24). The number of carbonyl (C=O) groups is 1. The van der Waals surface area contributed by atoms with Gasteiger partial charge in [0.1, 0.15) is 12.4 Å². The molecule has 0 bridgehead atoms. The number of nitrogens with one attached hydrogen (secondary N) is 1. The third-order valence-corrected chi connectivity index (χ3v) is 4.04. The van der Waals surface area contributed by atoms with Crippen molar-refractivity contribution in [1.82, 2.24) is 0 Å². The fourth-order valence-corrected chi connectivity index (χ4v) is 2.44. The smallest absolute Gasteiger partial charge is 0.255 e. The third-order valence-electron chi connectivity index (χ3n) is 3.54. The highest BCUT2D eigenvalue weighted by atomic mass is 35.5. The molecule has 0 saturated carbocycles. The first-order valence-corrected chi connectivity index (χ1v) is 8.40. The zero-order valence-electron chi connectivity index (χ0n) is 13.2. The fourth-order valence-electron chi connectivity index (χ4n) is 2.19.